The molecule has 0 spiro atoms. The van der Waals surface area contributed by atoms with Gasteiger partial charge < -0.3 is 29.7 Å². The van der Waals surface area contributed by atoms with Crippen molar-refractivity contribution in [2.75, 3.05) is 33.9 Å². The summed E-state index contributed by atoms with van der Waals surface area (Å²) in [5.74, 6) is -2.96. The number of aromatic amines is 1. The number of ether oxygens (including phenoxy) is 2. The molecule has 0 saturated carbocycles. The lowest BCUT2D eigenvalue weighted by Crippen LogP contribution is -2.63. The number of nitrogens with one attached hydrogen (secondary N) is 2. The predicted octanol–water partition coefficient (Wildman–Crippen LogP) is 0.535. The maximum absolute atomic E-state index is 14.0. The van der Waals surface area contributed by atoms with Crippen LogP contribution in [0.1, 0.15) is 22.3 Å². The Morgan fingerprint density at radius 2 is 1.77 bits per heavy atom. The number of H-pyrrole nitrogens is 1. The van der Waals surface area contributed by atoms with E-state index in [1.165, 1.54) is 24.1 Å². The maximum atomic E-state index is 14.0. The van der Waals surface area contributed by atoms with Crippen molar-refractivity contribution in [1.29, 1.82) is 0 Å². The molecule has 1 fully saturated rings. The van der Waals surface area contributed by atoms with E-state index in [4.69, 9.17) is 9.47 Å². The summed E-state index contributed by atoms with van der Waals surface area (Å²) in [6.45, 7) is -0.720. The van der Waals surface area contributed by atoms with Crippen molar-refractivity contribution < 1.29 is 38.6 Å². The quantitative estimate of drug-likeness (QED) is 0.258. The molecule has 1 aliphatic rings. The van der Waals surface area contributed by atoms with Gasteiger partial charge in [0.15, 0.2) is 5.82 Å². The van der Waals surface area contributed by atoms with Crippen molar-refractivity contribution in [2.24, 2.45) is 0 Å². The van der Waals surface area contributed by atoms with Crippen molar-refractivity contribution >= 4 is 41.2 Å². The Morgan fingerprint density at radius 1 is 1.07 bits per heavy atom. The zero-order valence-electron chi connectivity index (χ0n) is 23.3. The summed E-state index contributed by atoms with van der Waals surface area (Å²) in [5, 5.41) is 12.0. The first-order valence-electron chi connectivity index (χ1n) is 13.1. The number of benzene rings is 2. The summed E-state index contributed by atoms with van der Waals surface area (Å²) in [6, 6.07) is 10.6. The summed E-state index contributed by atoms with van der Waals surface area (Å²) in [5.41, 5.74) is 1.49. The number of aromatic nitrogens is 2. The van der Waals surface area contributed by atoms with Gasteiger partial charge in [-0.25, -0.2) is 0 Å². The Kier molecular flexibility index (Phi) is 9.87. The standard InChI is InChI=1S/C28H29N5O9S/c1-41-19-9-3-16(4-10-19)13-20(29-25(37)18-7-5-17(6-8-18)24-30-28(40)43-31-24)26(38)33-12-11-32(15-22(34)35)27(39)21(33)14-23(36)42-2/h3-10,20-21H,11-15H2,1-2H3,(H,29,37)(H,34,35)(H,30,31,40)/t20-,21-/m0/s1. The fourth-order valence-corrected chi connectivity index (χ4v) is 5.10. The number of carboxylic acids is 1. The molecule has 3 aromatic rings. The number of methoxy groups -OCH3 is 2. The van der Waals surface area contributed by atoms with E-state index in [0.29, 0.717) is 22.7 Å². The molecule has 226 valence electrons. The van der Waals surface area contributed by atoms with Crippen molar-refractivity contribution in [1.82, 2.24) is 24.5 Å². The molecule has 2 atom stereocenters. The van der Waals surface area contributed by atoms with Crippen LogP contribution < -0.4 is 14.9 Å². The third-order valence-corrected chi connectivity index (χ3v) is 7.39. The van der Waals surface area contributed by atoms with E-state index in [9.17, 15) is 33.9 Å². The second-order valence-corrected chi connectivity index (χ2v) is 10.3. The SMILES string of the molecule is COC(=O)C[C@H]1C(=O)N(CC(=O)O)CCN1C(=O)[C@H](Cc1ccc(OC)cc1)NC(=O)c1ccc(-c2nsc(=O)[nH]2)cc1. The lowest BCUT2D eigenvalue weighted by molar-refractivity contribution is -0.159. The molecular formula is C28H29N5O9S. The molecular weight excluding hydrogens is 582 g/mol. The van der Waals surface area contributed by atoms with Crippen LogP contribution in [0.15, 0.2) is 53.3 Å². The van der Waals surface area contributed by atoms with E-state index in [0.717, 1.165) is 23.5 Å². The molecule has 15 heteroatoms. The van der Waals surface area contributed by atoms with Crippen LogP contribution in [0.3, 0.4) is 0 Å². The highest BCUT2D eigenvalue weighted by molar-refractivity contribution is 7.03. The van der Waals surface area contributed by atoms with E-state index in [-0.39, 0.29) is 29.9 Å². The molecule has 3 amide bonds. The number of carboxylic acid groups (broad SMARTS) is 1. The van der Waals surface area contributed by atoms with Crippen molar-refractivity contribution in [3.63, 3.8) is 0 Å². The summed E-state index contributed by atoms with van der Waals surface area (Å²) in [7, 11) is 2.65. The topological polar surface area (TPSA) is 188 Å². The van der Waals surface area contributed by atoms with Crippen LogP contribution in [0.2, 0.25) is 0 Å². The predicted molar refractivity (Wildman–Crippen MR) is 152 cm³/mol. The molecule has 0 radical (unpaired) electrons. The average molecular weight is 612 g/mol. The number of amides is 3. The summed E-state index contributed by atoms with van der Waals surface area (Å²) >= 11 is 0.771. The van der Waals surface area contributed by atoms with Crippen LogP contribution in [0.5, 0.6) is 5.75 Å². The molecule has 1 saturated heterocycles. The second-order valence-electron chi connectivity index (χ2n) is 9.58. The van der Waals surface area contributed by atoms with Gasteiger partial charge in [-0.15, -0.1) is 0 Å². The van der Waals surface area contributed by atoms with Gasteiger partial charge in [0, 0.05) is 42.2 Å². The molecule has 43 heavy (non-hydrogen) atoms. The first-order chi connectivity index (χ1) is 20.6. The number of hydrogen-bond acceptors (Lipinski definition) is 10. The van der Waals surface area contributed by atoms with E-state index >= 15 is 0 Å². The first kappa shape index (κ1) is 30.9. The van der Waals surface area contributed by atoms with Gasteiger partial charge in [0.05, 0.1) is 20.6 Å². The highest BCUT2D eigenvalue weighted by atomic mass is 32.1. The Balaban J connectivity index is 1.61. The van der Waals surface area contributed by atoms with Gasteiger partial charge in [-0.1, -0.05) is 24.3 Å². The normalized spacial score (nSPS) is 15.5. The average Bonchev–Trinajstić information content (AvgIpc) is 3.44. The van der Waals surface area contributed by atoms with Crippen LogP contribution in [0.25, 0.3) is 11.4 Å². The Hall–Kier alpha value is -5.05. The fourth-order valence-electron chi connectivity index (χ4n) is 4.63. The molecule has 14 nitrogen and oxygen atoms in total. The minimum atomic E-state index is -1.32. The number of rotatable bonds is 11. The van der Waals surface area contributed by atoms with Gasteiger partial charge in [-0.05, 0) is 29.8 Å². The van der Waals surface area contributed by atoms with Crippen molar-refractivity contribution in [2.45, 2.75) is 24.9 Å². The van der Waals surface area contributed by atoms with Crippen LogP contribution in [0.4, 0.5) is 0 Å². The Labute approximate surface area is 249 Å². The number of carbonyl (C=O) groups excluding carboxylic acids is 4. The zero-order chi connectivity index (χ0) is 31.1. The molecule has 1 aromatic heterocycles. The van der Waals surface area contributed by atoms with E-state index in [1.54, 1.807) is 36.4 Å². The third kappa shape index (κ3) is 7.62. The van der Waals surface area contributed by atoms with Gasteiger partial charge in [0.25, 0.3) is 5.91 Å². The molecule has 4 rings (SSSR count). The highest BCUT2D eigenvalue weighted by Crippen LogP contribution is 2.20. The van der Waals surface area contributed by atoms with E-state index in [1.807, 2.05) is 0 Å². The van der Waals surface area contributed by atoms with E-state index in [2.05, 4.69) is 14.7 Å². The lowest BCUT2D eigenvalue weighted by atomic mass is 10.0. The van der Waals surface area contributed by atoms with E-state index < -0.39 is 54.7 Å². The Bertz CT molecular complexity index is 1550. The van der Waals surface area contributed by atoms with Crippen molar-refractivity contribution in [3.05, 3.63) is 69.3 Å². The van der Waals surface area contributed by atoms with Gasteiger partial charge in [0.1, 0.15) is 24.4 Å². The monoisotopic (exact) mass is 611 g/mol. The van der Waals surface area contributed by atoms with Crippen LogP contribution in [-0.2, 0) is 30.3 Å². The lowest BCUT2D eigenvalue weighted by Gasteiger charge is -2.41. The zero-order valence-corrected chi connectivity index (χ0v) is 24.1. The van der Waals surface area contributed by atoms with Crippen molar-refractivity contribution in [3.8, 4) is 17.1 Å². The number of aliphatic carboxylic acids is 1. The number of esters is 1. The third-order valence-electron chi connectivity index (χ3n) is 6.84. The Morgan fingerprint density at radius 3 is 2.35 bits per heavy atom. The molecule has 0 aliphatic carbocycles. The number of hydrogen-bond donors (Lipinski definition) is 3. The summed E-state index contributed by atoms with van der Waals surface area (Å²) in [4.78, 5) is 80.0. The minimum absolute atomic E-state index is 0.0428. The fraction of sp³-hybridized carbons (Fsp3) is 0.321. The number of carbonyl (C=O) groups is 5. The first-order valence-corrected chi connectivity index (χ1v) is 13.8. The highest BCUT2D eigenvalue weighted by Gasteiger charge is 2.42. The van der Waals surface area contributed by atoms with Gasteiger partial charge in [-0.2, -0.15) is 4.37 Å². The maximum Gasteiger partial charge on any atom is 0.323 e. The number of nitrogens with zero attached hydrogens (tertiary/aromatic N) is 3. The molecule has 0 unspecified atom stereocenters. The molecule has 2 heterocycles. The van der Waals surface area contributed by atoms with Crippen LogP contribution >= 0.6 is 11.5 Å². The van der Waals surface area contributed by atoms with Gasteiger partial charge >= 0.3 is 16.8 Å². The second kappa shape index (κ2) is 13.7. The van der Waals surface area contributed by atoms with Crippen LogP contribution in [0, 0.1) is 0 Å². The molecule has 1 aliphatic heterocycles. The molecule has 2 aromatic carbocycles. The van der Waals surface area contributed by atoms with Crippen LogP contribution in [-0.4, -0.2) is 99.9 Å². The minimum Gasteiger partial charge on any atom is -0.497 e. The van der Waals surface area contributed by atoms with Gasteiger partial charge in [0.2, 0.25) is 11.8 Å². The number of piperazine rings is 1. The summed E-state index contributed by atoms with van der Waals surface area (Å²) < 4.78 is 13.9. The molecule has 0 bridgehead atoms. The van der Waals surface area contributed by atoms with Gasteiger partial charge in [-0.3, -0.25) is 33.8 Å². The summed E-state index contributed by atoms with van der Waals surface area (Å²) in [6.07, 6.45) is -0.443. The largest absolute Gasteiger partial charge is 0.497 e. The molecule has 3 N–H and O–H groups in total. The smallest absolute Gasteiger partial charge is 0.323 e.